The number of nitro benzene ring substituents is 2. The lowest BCUT2D eigenvalue weighted by Gasteiger charge is -2.34. The maximum Gasteiger partial charge on any atom is 0.279 e. The van der Waals surface area contributed by atoms with Crippen molar-refractivity contribution in [3.05, 3.63) is 67.8 Å². The SMILES string of the molecule is CCC1CCCCN1S(=O)(=O)c1ccc(NC(=O)c2cc([N+](=O)[O-])cc([N+](=O)[O-])c2C)cc1. The molecular weight excluding hydrogens is 452 g/mol. The number of rotatable bonds is 7. The van der Waals surface area contributed by atoms with Crippen molar-refractivity contribution in [1.82, 2.24) is 4.31 Å². The van der Waals surface area contributed by atoms with Gasteiger partial charge in [-0.2, -0.15) is 4.31 Å². The van der Waals surface area contributed by atoms with Gasteiger partial charge in [0.25, 0.3) is 17.3 Å². The molecule has 2 aromatic rings. The summed E-state index contributed by atoms with van der Waals surface area (Å²) in [5.41, 5.74) is -1.10. The predicted molar refractivity (Wildman–Crippen MR) is 121 cm³/mol. The number of nitrogens with zero attached hydrogens (tertiary/aromatic N) is 3. The summed E-state index contributed by atoms with van der Waals surface area (Å²) in [6, 6.07) is 7.32. The molecule has 33 heavy (non-hydrogen) atoms. The predicted octanol–water partition coefficient (Wildman–Crippen LogP) is 4.02. The maximum absolute atomic E-state index is 13.1. The van der Waals surface area contributed by atoms with Crippen LogP contribution in [-0.4, -0.2) is 41.1 Å². The summed E-state index contributed by atoms with van der Waals surface area (Å²) in [4.78, 5) is 33.6. The van der Waals surface area contributed by atoms with Crippen LogP contribution in [0.1, 0.15) is 48.5 Å². The lowest BCUT2D eigenvalue weighted by Crippen LogP contribution is -2.43. The average Bonchev–Trinajstić information content (AvgIpc) is 2.79. The molecule has 1 aliphatic heterocycles. The minimum absolute atomic E-state index is 0.0157. The Labute approximate surface area is 190 Å². The maximum atomic E-state index is 13.1. The monoisotopic (exact) mass is 476 g/mol. The molecule has 1 fully saturated rings. The first kappa shape index (κ1) is 24.3. The molecule has 0 spiro atoms. The summed E-state index contributed by atoms with van der Waals surface area (Å²) in [5.74, 6) is -0.781. The minimum Gasteiger partial charge on any atom is -0.322 e. The van der Waals surface area contributed by atoms with Gasteiger partial charge in [0.15, 0.2) is 0 Å². The number of nitro groups is 2. The molecule has 1 atom stereocenters. The van der Waals surface area contributed by atoms with E-state index in [-0.39, 0.29) is 27.8 Å². The molecular formula is C21H24N4O7S. The normalized spacial score (nSPS) is 16.8. The standard InChI is InChI=1S/C21H24N4O7S/c1-3-16-6-4-5-11-23(16)33(31,32)18-9-7-15(8-10-18)22-21(26)19-12-17(24(27)28)13-20(14(19)2)25(29)30/h7-10,12-13,16H,3-6,11H2,1-2H3,(H,22,26). The number of anilines is 1. The highest BCUT2D eigenvalue weighted by Gasteiger charge is 2.32. The molecule has 0 aromatic heterocycles. The highest BCUT2D eigenvalue weighted by atomic mass is 32.2. The number of carbonyl (C=O) groups is 1. The zero-order chi connectivity index (χ0) is 24.3. The van der Waals surface area contributed by atoms with E-state index < -0.39 is 37.2 Å². The molecule has 1 N–H and O–H groups in total. The number of nitrogens with one attached hydrogen (secondary N) is 1. The number of amides is 1. The third kappa shape index (κ3) is 5.01. The van der Waals surface area contributed by atoms with E-state index in [1.165, 1.54) is 35.5 Å². The minimum atomic E-state index is -3.69. The first-order valence-electron chi connectivity index (χ1n) is 10.4. The fourth-order valence-electron chi connectivity index (χ4n) is 3.96. The molecule has 1 saturated heterocycles. The lowest BCUT2D eigenvalue weighted by atomic mass is 10.0. The Bertz CT molecular complexity index is 1200. The van der Waals surface area contributed by atoms with Crippen LogP contribution in [-0.2, 0) is 10.0 Å². The molecule has 0 bridgehead atoms. The van der Waals surface area contributed by atoms with Crippen molar-refractivity contribution in [1.29, 1.82) is 0 Å². The molecule has 3 rings (SSSR count). The molecule has 11 nitrogen and oxygen atoms in total. The van der Waals surface area contributed by atoms with E-state index in [1.807, 2.05) is 6.92 Å². The molecule has 12 heteroatoms. The van der Waals surface area contributed by atoms with Gasteiger partial charge in [-0.05, 0) is 50.5 Å². The molecule has 1 amide bonds. The number of benzene rings is 2. The quantitative estimate of drug-likeness (QED) is 0.468. The topological polar surface area (TPSA) is 153 Å². The molecule has 1 aliphatic rings. The summed E-state index contributed by atoms with van der Waals surface area (Å²) in [6.07, 6.45) is 3.34. The molecule has 0 radical (unpaired) electrons. The van der Waals surface area contributed by atoms with Gasteiger partial charge < -0.3 is 5.32 Å². The van der Waals surface area contributed by atoms with Crippen molar-refractivity contribution >= 4 is 33.0 Å². The van der Waals surface area contributed by atoms with Crippen LogP contribution in [0.4, 0.5) is 17.1 Å². The Hall–Kier alpha value is -3.38. The van der Waals surface area contributed by atoms with Gasteiger partial charge in [-0.25, -0.2) is 8.42 Å². The first-order chi connectivity index (χ1) is 15.6. The summed E-state index contributed by atoms with van der Waals surface area (Å²) < 4.78 is 27.7. The smallest absolute Gasteiger partial charge is 0.279 e. The van der Waals surface area contributed by atoms with Crippen molar-refractivity contribution in [2.75, 3.05) is 11.9 Å². The second-order valence-electron chi connectivity index (χ2n) is 7.80. The average molecular weight is 477 g/mol. The van der Waals surface area contributed by atoms with Crippen LogP contribution in [0.15, 0.2) is 41.3 Å². The third-order valence-corrected chi connectivity index (χ3v) is 7.75. The zero-order valence-corrected chi connectivity index (χ0v) is 19.0. The van der Waals surface area contributed by atoms with Crippen LogP contribution in [0, 0.1) is 27.2 Å². The van der Waals surface area contributed by atoms with Gasteiger partial charge in [0.2, 0.25) is 10.0 Å². The first-order valence-corrected chi connectivity index (χ1v) is 11.9. The van der Waals surface area contributed by atoms with Crippen molar-refractivity contribution in [3.63, 3.8) is 0 Å². The van der Waals surface area contributed by atoms with Gasteiger partial charge in [0.1, 0.15) is 0 Å². The number of sulfonamides is 1. The Balaban J connectivity index is 1.85. The van der Waals surface area contributed by atoms with Crippen molar-refractivity contribution in [3.8, 4) is 0 Å². The largest absolute Gasteiger partial charge is 0.322 e. The van der Waals surface area contributed by atoms with Crippen LogP contribution in [0.2, 0.25) is 0 Å². The van der Waals surface area contributed by atoms with Gasteiger partial charge in [-0.1, -0.05) is 13.3 Å². The van der Waals surface area contributed by atoms with Crippen LogP contribution in [0.25, 0.3) is 0 Å². The van der Waals surface area contributed by atoms with E-state index in [1.54, 1.807) is 0 Å². The van der Waals surface area contributed by atoms with Gasteiger partial charge in [0, 0.05) is 29.9 Å². The summed E-state index contributed by atoms with van der Waals surface area (Å²) in [5, 5.41) is 24.9. The number of hydrogen-bond donors (Lipinski definition) is 1. The Morgan fingerprint density at radius 1 is 1.12 bits per heavy atom. The number of non-ortho nitro benzene ring substituents is 1. The van der Waals surface area contributed by atoms with E-state index in [4.69, 9.17) is 0 Å². The van der Waals surface area contributed by atoms with Gasteiger partial charge >= 0.3 is 0 Å². The summed E-state index contributed by atoms with van der Waals surface area (Å²) in [6.45, 7) is 3.75. The van der Waals surface area contributed by atoms with Crippen molar-refractivity contribution in [2.45, 2.75) is 50.5 Å². The Kier molecular flexibility index (Phi) is 7.08. The number of carbonyl (C=O) groups excluding carboxylic acids is 1. The second kappa shape index (κ2) is 9.63. The fourth-order valence-corrected chi connectivity index (χ4v) is 5.72. The third-order valence-electron chi connectivity index (χ3n) is 5.78. The van der Waals surface area contributed by atoms with Crippen LogP contribution in [0.3, 0.4) is 0 Å². The Morgan fingerprint density at radius 3 is 2.36 bits per heavy atom. The van der Waals surface area contributed by atoms with Gasteiger partial charge in [-0.3, -0.25) is 25.0 Å². The molecule has 0 aliphatic carbocycles. The molecule has 2 aromatic carbocycles. The summed E-state index contributed by atoms with van der Waals surface area (Å²) >= 11 is 0. The van der Waals surface area contributed by atoms with E-state index in [0.717, 1.165) is 37.8 Å². The highest BCUT2D eigenvalue weighted by Crippen LogP contribution is 2.30. The number of piperidine rings is 1. The molecule has 0 saturated carbocycles. The van der Waals surface area contributed by atoms with E-state index in [2.05, 4.69) is 5.32 Å². The van der Waals surface area contributed by atoms with Crippen LogP contribution >= 0.6 is 0 Å². The van der Waals surface area contributed by atoms with Crippen molar-refractivity contribution in [2.24, 2.45) is 0 Å². The molecule has 1 unspecified atom stereocenters. The second-order valence-corrected chi connectivity index (χ2v) is 9.69. The zero-order valence-electron chi connectivity index (χ0n) is 18.2. The van der Waals surface area contributed by atoms with Crippen LogP contribution < -0.4 is 5.32 Å². The van der Waals surface area contributed by atoms with Gasteiger partial charge in [-0.15, -0.1) is 0 Å². The fraction of sp³-hybridized carbons (Fsp3) is 0.381. The number of hydrogen-bond acceptors (Lipinski definition) is 7. The lowest BCUT2D eigenvalue weighted by molar-refractivity contribution is -0.394. The van der Waals surface area contributed by atoms with Gasteiger partial charge in [0.05, 0.1) is 26.4 Å². The molecule has 176 valence electrons. The van der Waals surface area contributed by atoms with E-state index >= 15 is 0 Å². The summed E-state index contributed by atoms with van der Waals surface area (Å²) in [7, 11) is -3.69. The van der Waals surface area contributed by atoms with E-state index in [9.17, 15) is 33.4 Å². The highest BCUT2D eigenvalue weighted by molar-refractivity contribution is 7.89. The van der Waals surface area contributed by atoms with Crippen LogP contribution in [0.5, 0.6) is 0 Å². The van der Waals surface area contributed by atoms with E-state index in [0.29, 0.717) is 6.54 Å². The molecule has 1 heterocycles. The Morgan fingerprint density at radius 2 is 1.79 bits per heavy atom. The van der Waals surface area contributed by atoms with Crippen molar-refractivity contribution < 1.29 is 23.1 Å².